The first-order valence-corrected chi connectivity index (χ1v) is 8.76. The Morgan fingerprint density at radius 2 is 2.15 bits per heavy atom. The van der Waals surface area contributed by atoms with Crippen LogP contribution >= 0.6 is 0 Å². The molecule has 0 unspecified atom stereocenters. The number of likely N-dealkylation sites (N-methyl/N-ethyl adjacent to an activating group) is 1. The van der Waals surface area contributed by atoms with Crippen LogP contribution in [0, 0.1) is 13.8 Å². The molecule has 2 saturated heterocycles. The number of rotatable bonds is 3. The molecule has 2 aliphatic heterocycles. The van der Waals surface area contributed by atoms with Gasteiger partial charge in [0.05, 0.1) is 13.1 Å². The lowest BCUT2D eigenvalue weighted by molar-refractivity contribution is -0.130. The van der Waals surface area contributed by atoms with Gasteiger partial charge in [-0.15, -0.1) is 0 Å². The lowest BCUT2D eigenvalue weighted by atomic mass is 10.0. The summed E-state index contributed by atoms with van der Waals surface area (Å²) in [6, 6.07) is 0. The Kier molecular flexibility index (Phi) is 3.82. The fraction of sp³-hybridized carbons (Fsp3) is 0.588. The maximum Gasteiger partial charge on any atom is 0.410 e. The van der Waals surface area contributed by atoms with Crippen LogP contribution in [0.4, 0.5) is 4.79 Å². The van der Waals surface area contributed by atoms with Crippen LogP contribution < -0.4 is 0 Å². The highest BCUT2D eigenvalue weighted by Crippen LogP contribution is 2.32. The number of nitrogens with zero attached hydrogens (tertiary/aromatic N) is 6. The highest BCUT2D eigenvalue weighted by molar-refractivity contribution is 5.77. The van der Waals surface area contributed by atoms with Crippen molar-refractivity contribution in [3.8, 4) is 0 Å². The van der Waals surface area contributed by atoms with Gasteiger partial charge in [0.2, 0.25) is 5.91 Å². The molecule has 2 aromatic heterocycles. The number of hydrogen-bond acceptors (Lipinski definition) is 6. The predicted octanol–water partition coefficient (Wildman–Crippen LogP) is 0.727. The maximum atomic E-state index is 12.7. The van der Waals surface area contributed by atoms with E-state index in [-0.39, 0.29) is 12.0 Å². The summed E-state index contributed by atoms with van der Waals surface area (Å²) < 4.78 is 7.21. The third kappa shape index (κ3) is 2.67. The molecule has 1 atom stereocenters. The van der Waals surface area contributed by atoms with Crippen molar-refractivity contribution in [3.63, 3.8) is 0 Å². The van der Waals surface area contributed by atoms with E-state index in [1.54, 1.807) is 21.4 Å². The highest BCUT2D eigenvalue weighted by Gasteiger charge is 2.49. The highest BCUT2D eigenvalue weighted by atomic mass is 16.6. The Morgan fingerprint density at radius 1 is 1.35 bits per heavy atom. The zero-order valence-corrected chi connectivity index (χ0v) is 15.2. The van der Waals surface area contributed by atoms with Crippen LogP contribution in [0.25, 0.3) is 5.78 Å². The van der Waals surface area contributed by atoms with Gasteiger partial charge in [-0.3, -0.25) is 4.79 Å². The number of likely N-dealkylation sites (tertiary alicyclic amines) is 1. The Bertz CT molecular complexity index is 894. The van der Waals surface area contributed by atoms with Crippen LogP contribution in [0.5, 0.6) is 0 Å². The monoisotopic (exact) mass is 358 g/mol. The van der Waals surface area contributed by atoms with Crippen LogP contribution in [0.2, 0.25) is 0 Å². The number of amides is 2. The van der Waals surface area contributed by atoms with Gasteiger partial charge >= 0.3 is 6.09 Å². The predicted molar refractivity (Wildman–Crippen MR) is 91.6 cm³/mol. The van der Waals surface area contributed by atoms with E-state index in [9.17, 15) is 9.59 Å². The van der Waals surface area contributed by atoms with Gasteiger partial charge in [0.15, 0.2) is 5.60 Å². The third-order valence-corrected chi connectivity index (χ3v) is 5.39. The van der Waals surface area contributed by atoms with E-state index in [1.165, 1.54) is 6.33 Å². The molecular weight excluding hydrogens is 336 g/mol. The minimum absolute atomic E-state index is 0.0740. The average molecular weight is 358 g/mol. The molecule has 2 amide bonds. The minimum atomic E-state index is -0.533. The van der Waals surface area contributed by atoms with E-state index in [2.05, 4.69) is 15.1 Å². The van der Waals surface area contributed by atoms with Crippen LogP contribution in [-0.2, 0) is 16.0 Å². The molecule has 2 aliphatic rings. The topological polar surface area (TPSA) is 92.9 Å². The van der Waals surface area contributed by atoms with Gasteiger partial charge in [-0.25, -0.2) is 14.3 Å². The number of carbonyl (C=O) groups excluding carboxylic acids is 2. The summed E-state index contributed by atoms with van der Waals surface area (Å²) in [5.41, 5.74) is 2.33. The van der Waals surface area contributed by atoms with Crippen LogP contribution in [0.3, 0.4) is 0 Å². The molecule has 4 rings (SSSR count). The lowest BCUT2D eigenvalue weighted by Gasteiger charge is -2.22. The molecule has 0 aliphatic carbocycles. The molecule has 2 fully saturated rings. The van der Waals surface area contributed by atoms with Gasteiger partial charge in [0, 0.05) is 37.8 Å². The van der Waals surface area contributed by atoms with Crippen molar-refractivity contribution < 1.29 is 14.3 Å². The zero-order chi connectivity index (χ0) is 18.5. The fourth-order valence-corrected chi connectivity index (χ4v) is 3.97. The van der Waals surface area contributed by atoms with Gasteiger partial charge in [-0.2, -0.15) is 10.1 Å². The Hall–Kier alpha value is -2.71. The van der Waals surface area contributed by atoms with Crippen molar-refractivity contribution in [2.75, 3.05) is 26.7 Å². The van der Waals surface area contributed by atoms with E-state index in [0.29, 0.717) is 44.7 Å². The van der Waals surface area contributed by atoms with E-state index in [1.807, 2.05) is 13.8 Å². The summed E-state index contributed by atoms with van der Waals surface area (Å²) in [4.78, 5) is 36.3. The Balaban J connectivity index is 1.43. The molecule has 26 heavy (non-hydrogen) atoms. The van der Waals surface area contributed by atoms with E-state index >= 15 is 0 Å². The molecule has 0 radical (unpaired) electrons. The van der Waals surface area contributed by atoms with Crippen LogP contribution in [-0.4, -0.2) is 73.7 Å². The minimum Gasteiger partial charge on any atom is -0.439 e. The summed E-state index contributed by atoms with van der Waals surface area (Å²) >= 11 is 0. The maximum absolute atomic E-state index is 12.7. The molecule has 0 N–H and O–H groups in total. The lowest BCUT2D eigenvalue weighted by Crippen LogP contribution is -2.39. The largest absolute Gasteiger partial charge is 0.439 e. The molecule has 4 heterocycles. The number of carbonyl (C=O) groups is 2. The molecule has 0 aromatic carbocycles. The van der Waals surface area contributed by atoms with Gasteiger partial charge < -0.3 is 14.5 Å². The number of hydrogen-bond donors (Lipinski definition) is 0. The number of aryl methyl sites for hydroxylation is 2. The number of ether oxygens (including phenoxy) is 1. The normalized spacial score (nSPS) is 22.7. The second-order valence-electron chi connectivity index (χ2n) is 7.21. The van der Waals surface area contributed by atoms with Crippen molar-refractivity contribution in [1.29, 1.82) is 0 Å². The summed E-state index contributed by atoms with van der Waals surface area (Å²) in [7, 11) is 1.72. The average Bonchev–Trinajstić information content (AvgIpc) is 3.27. The van der Waals surface area contributed by atoms with Gasteiger partial charge in [0.25, 0.3) is 5.78 Å². The van der Waals surface area contributed by atoms with Crippen molar-refractivity contribution in [2.45, 2.75) is 38.7 Å². The smallest absolute Gasteiger partial charge is 0.410 e. The van der Waals surface area contributed by atoms with Crippen molar-refractivity contribution >= 4 is 17.8 Å². The summed E-state index contributed by atoms with van der Waals surface area (Å²) in [6.45, 7) is 5.54. The molecule has 0 saturated carbocycles. The Labute approximate surface area is 151 Å². The van der Waals surface area contributed by atoms with E-state index in [0.717, 1.165) is 17.0 Å². The van der Waals surface area contributed by atoms with Crippen molar-refractivity contribution in [1.82, 2.24) is 29.4 Å². The van der Waals surface area contributed by atoms with Crippen molar-refractivity contribution in [2.24, 2.45) is 0 Å². The summed E-state index contributed by atoms with van der Waals surface area (Å²) in [5.74, 6) is 0.647. The van der Waals surface area contributed by atoms with Crippen LogP contribution in [0.1, 0.15) is 29.8 Å². The zero-order valence-electron chi connectivity index (χ0n) is 15.2. The third-order valence-electron chi connectivity index (χ3n) is 5.39. The number of aromatic nitrogens is 4. The van der Waals surface area contributed by atoms with E-state index in [4.69, 9.17) is 4.74 Å². The first-order chi connectivity index (χ1) is 12.4. The Morgan fingerprint density at radius 3 is 2.88 bits per heavy atom. The molecule has 2 aromatic rings. The standard InChI is InChI=1S/C17H22N6O3/c1-11-13(12(2)23-15(20-11)18-10-19-23)4-5-14(24)22-7-6-17(9-22)8-21(3)16(25)26-17/h10H,4-9H2,1-3H3/t17-/m0/s1. The molecule has 9 heteroatoms. The van der Waals surface area contributed by atoms with Gasteiger partial charge in [-0.1, -0.05) is 0 Å². The summed E-state index contributed by atoms with van der Waals surface area (Å²) in [5, 5.41) is 4.18. The second-order valence-corrected chi connectivity index (χ2v) is 7.21. The second kappa shape index (κ2) is 5.93. The molecular formula is C17H22N6O3. The first-order valence-electron chi connectivity index (χ1n) is 8.76. The molecule has 9 nitrogen and oxygen atoms in total. The van der Waals surface area contributed by atoms with Gasteiger partial charge in [0.1, 0.15) is 6.33 Å². The van der Waals surface area contributed by atoms with Crippen molar-refractivity contribution in [3.05, 3.63) is 23.3 Å². The van der Waals surface area contributed by atoms with E-state index < -0.39 is 5.60 Å². The van der Waals surface area contributed by atoms with Crippen LogP contribution in [0.15, 0.2) is 6.33 Å². The first kappa shape index (κ1) is 16.7. The molecule has 0 bridgehead atoms. The number of fused-ring (bicyclic) bond motifs is 1. The quantitative estimate of drug-likeness (QED) is 0.803. The fourth-order valence-electron chi connectivity index (χ4n) is 3.97. The van der Waals surface area contributed by atoms with Gasteiger partial charge in [-0.05, 0) is 25.8 Å². The molecule has 138 valence electrons. The molecule has 1 spiro atoms. The summed E-state index contributed by atoms with van der Waals surface area (Å²) in [6.07, 6.45) is 2.86. The SMILES string of the molecule is Cc1nc2ncnn2c(C)c1CCC(=O)N1CC[C@]2(CN(C)C(=O)O2)C1.